The Morgan fingerprint density at radius 3 is 2.70 bits per heavy atom. The first kappa shape index (κ1) is 18.8. The number of esters is 1. The van der Waals surface area contributed by atoms with Crippen molar-refractivity contribution in [3.8, 4) is 17.2 Å². The maximum atomic E-state index is 12.6. The van der Waals surface area contributed by atoms with Crippen LogP contribution in [0.4, 0.5) is 0 Å². The van der Waals surface area contributed by atoms with Gasteiger partial charge in [0.15, 0.2) is 0 Å². The molecule has 2 aromatic rings. The summed E-state index contributed by atoms with van der Waals surface area (Å²) in [7, 11) is 0. The zero-order valence-corrected chi connectivity index (χ0v) is 16.6. The van der Waals surface area contributed by atoms with E-state index in [1.54, 1.807) is 6.07 Å². The van der Waals surface area contributed by atoms with Crippen LogP contribution in [0, 0.1) is 17.2 Å². The van der Waals surface area contributed by atoms with E-state index in [9.17, 15) is 14.9 Å². The number of cyclic esters (lactones) is 1. The summed E-state index contributed by atoms with van der Waals surface area (Å²) in [4.78, 5) is 24.2. The number of rotatable bonds is 5. The molecule has 1 aliphatic carbocycles. The summed E-state index contributed by atoms with van der Waals surface area (Å²) in [6.07, 6.45) is 3.78. The number of nitriles is 1. The Morgan fingerprint density at radius 2 is 2.00 bits per heavy atom. The standard InChI is InChI=1S/C24H23N3O3/c25-12-20(27-23(28)22-17-5-7-19(11-17)26-22)9-14-1-3-15(4-2-14)16-6-8-21-18(10-16)13-30-24(21)29/h1-4,6,8,10,17,19-20,22,26H,5,7,9,11,13H2,(H,27,28)/t17-,19-,20+,22+/m1/s1. The fraction of sp³-hybridized carbons (Fsp3) is 0.375. The zero-order valence-electron chi connectivity index (χ0n) is 16.6. The predicted molar refractivity (Wildman–Crippen MR) is 110 cm³/mol. The summed E-state index contributed by atoms with van der Waals surface area (Å²) in [5.74, 6) is 0.0824. The van der Waals surface area contributed by atoms with Gasteiger partial charge in [0.05, 0.1) is 17.7 Å². The van der Waals surface area contributed by atoms with E-state index >= 15 is 0 Å². The van der Waals surface area contributed by atoms with Crippen LogP contribution in [0.3, 0.4) is 0 Å². The lowest BCUT2D eigenvalue weighted by Gasteiger charge is -2.23. The molecule has 2 bridgehead atoms. The van der Waals surface area contributed by atoms with E-state index < -0.39 is 6.04 Å². The Bertz CT molecular complexity index is 1040. The van der Waals surface area contributed by atoms with Crippen LogP contribution in [0.2, 0.25) is 0 Å². The molecule has 5 rings (SSSR count). The lowest BCUT2D eigenvalue weighted by Crippen LogP contribution is -2.50. The van der Waals surface area contributed by atoms with Gasteiger partial charge < -0.3 is 15.4 Å². The third-order valence-corrected chi connectivity index (χ3v) is 6.53. The summed E-state index contributed by atoms with van der Waals surface area (Å²) in [6.45, 7) is 0.321. The van der Waals surface area contributed by atoms with Crippen molar-refractivity contribution in [2.24, 2.45) is 5.92 Å². The van der Waals surface area contributed by atoms with Crippen molar-refractivity contribution in [2.75, 3.05) is 0 Å². The van der Waals surface area contributed by atoms with Crippen LogP contribution in [-0.2, 0) is 22.6 Å². The maximum absolute atomic E-state index is 12.6. The van der Waals surface area contributed by atoms with Crippen LogP contribution < -0.4 is 10.6 Å². The first-order chi connectivity index (χ1) is 14.6. The number of piperidine rings is 1. The van der Waals surface area contributed by atoms with Gasteiger partial charge in [0, 0.05) is 18.0 Å². The molecule has 0 unspecified atom stereocenters. The summed E-state index contributed by atoms with van der Waals surface area (Å²) in [5.41, 5.74) is 4.58. The molecule has 2 aliphatic heterocycles. The molecule has 0 radical (unpaired) electrons. The molecule has 1 saturated heterocycles. The van der Waals surface area contributed by atoms with Crippen LogP contribution in [0.5, 0.6) is 0 Å². The van der Waals surface area contributed by atoms with Gasteiger partial charge in [-0.25, -0.2) is 4.79 Å². The molecule has 1 amide bonds. The van der Waals surface area contributed by atoms with Gasteiger partial charge in [0.1, 0.15) is 12.6 Å². The molecule has 0 spiro atoms. The smallest absolute Gasteiger partial charge is 0.338 e. The number of hydrogen-bond acceptors (Lipinski definition) is 5. The SMILES string of the molecule is N#C[C@H](Cc1ccc(-c2ccc3c(c2)COC3=O)cc1)NC(=O)[C@H]1N[C@@H]2CC[C@@H]1C2. The van der Waals surface area contributed by atoms with E-state index in [2.05, 4.69) is 16.7 Å². The van der Waals surface area contributed by atoms with Crippen molar-refractivity contribution in [3.63, 3.8) is 0 Å². The van der Waals surface area contributed by atoms with Crippen LogP contribution in [0.25, 0.3) is 11.1 Å². The number of hydrogen-bond donors (Lipinski definition) is 2. The second-order valence-corrected chi connectivity index (χ2v) is 8.45. The van der Waals surface area contributed by atoms with E-state index in [1.807, 2.05) is 36.4 Å². The van der Waals surface area contributed by atoms with Crippen LogP contribution in [0.15, 0.2) is 42.5 Å². The molecular formula is C24H23N3O3. The number of carbonyl (C=O) groups is 2. The van der Waals surface area contributed by atoms with E-state index in [-0.39, 0.29) is 17.9 Å². The quantitative estimate of drug-likeness (QED) is 0.752. The first-order valence-corrected chi connectivity index (χ1v) is 10.5. The highest BCUT2D eigenvalue weighted by atomic mass is 16.5. The number of nitrogens with one attached hydrogen (secondary N) is 2. The first-order valence-electron chi connectivity index (χ1n) is 10.5. The predicted octanol–water partition coefficient (Wildman–Crippen LogP) is 2.72. The second-order valence-electron chi connectivity index (χ2n) is 8.45. The number of ether oxygens (including phenoxy) is 1. The monoisotopic (exact) mass is 401 g/mol. The molecule has 6 heteroatoms. The summed E-state index contributed by atoms with van der Waals surface area (Å²) in [5, 5.41) is 15.8. The summed E-state index contributed by atoms with van der Waals surface area (Å²) >= 11 is 0. The Kier molecular flexibility index (Phi) is 4.76. The van der Waals surface area contributed by atoms with Crippen LogP contribution in [-0.4, -0.2) is 30.0 Å². The Labute approximate surface area is 175 Å². The molecular weight excluding hydrogens is 378 g/mol. The van der Waals surface area contributed by atoms with Crippen LogP contribution >= 0.6 is 0 Å². The van der Waals surface area contributed by atoms with Crippen molar-refractivity contribution in [3.05, 3.63) is 59.2 Å². The molecule has 2 heterocycles. The minimum Gasteiger partial charge on any atom is -0.457 e. The van der Waals surface area contributed by atoms with Gasteiger partial charge in [-0.05, 0) is 54.0 Å². The third kappa shape index (κ3) is 3.46. The third-order valence-electron chi connectivity index (χ3n) is 6.53. The van der Waals surface area contributed by atoms with Gasteiger partial charge in [-0.2, -0.15) is 5.26 Å². The van der Waals surface area contributed by atoms with Crippen LogP contribution in [0.1, 0.15) is 40.7 Å². The minimum atomic E-state index is -0.549. The lowest BCUT2D eigenvalue weighted by molar-refractivity contribution is -0.124. The second kappa shape index (κ2) is 7.58. The number of amides is 1. The molecule has 3 aliphatic rings. The normalized spacial score (nSPS) is 24.8. The molecule has 2 N–H and O–H groups in total. The average molecular weight is 401 g/mol. The molecule has 2 aromatic carbocycles. The number of benzene rings is 2. The van der Waals surface area contributed by atoms with E-state index in [1.165, 1.54) is 0 Å². The highest BCUT2D eigenvalue weighted by molar-refractivity contribution is 5.94. The largest absolute Gasteiger partial charge is 0.457 e. The Balaban J connectivity index is 1.23. The fourth-order valence-electron chi connectivity index (χ4n) is 4.92. The number of fused-ring (bicyclic) bond motifs is 3. The molecule has 6 nitrogen and oxygen atoms in total. The molecule has 4 atom stereocenters. The average Bonchev–Trinajstić information content (AvgIpc) is 3.50. The van der Waals surface area contributed by atoms with Gasteiger partial charge in [-0.3, -0.25) is 4.79 Å². The Hall–Kier alpha value is -3.17. The number of carbonyl (C=O) groups excluding carboxylic acids is 2. The molecule has 0 aromatic heterocycles. The topological polar surface area (TPSA) is 91.2 Å². The van der Waals surface area contributed by atoms with Crippen molar-refractivity contribution in [2.45, 2.75) is 50.4 Å². The lowest BCUT2D eigenvalue weighted by atomic mass is 9.97. The zero-order chi connectivity index (χ0) is 20.7. The molecule has 2 fully saturated rings. The highest BCUT2D eigenvalue weighted by Gasteiger charge is 2.43. The minimum absolute atomic E-state index is 0.0553. The van der Waals surface area contributed by atoms with Gasteiger partial charge in [-0.15, -0.1) is 0 Å². The highest BCUT2D eigenvalue weighted by Crippen LogP contribution is 2.35. The van der Waals surface area contributed by atoms with Crippen molar-refractivity contribution in [1.82, 2.24) is 10.6 Å². The van der Waals surface area contributed by atoms with Gasteiger partial charge >= 0.3 is 5.97 Å². The van der Waals surface area contributed by atoms with Crippen molar-refractivity contribution < 1.29 is 14.3 Å². The van der Waals surface area contributed by atoms with Crippen molar-refractivity contribution >= 4 is 11.9 Å². The fourth-order valence-corrected chi connectivity index (χ4v) is 4.92. The number of nitrogens with zero attached hydrogens (tertiary/aromatic N) is 1. The van der Waals surface area contributed by atoms with Gasteiger partial charge in [0.25, 0.3) is 0 Å². The van der Waals surface area contributed by atoms with Gasteiger partial charge in [0.2, 0.25) is 5.91 Å². The van der Waals surface area contributed by atoms with Gasteiger partial charge in [-0.1, -0.05) is 30.3 Å². The molecule has 1 saturated carbocycles. The van der Waals surface area contributed by atoms with E-state index in [0.717, 1.165) is 41.5 Å². The summed E-state index contributed by atoms with van der Waals surface area (Å²) in [6, 6.07) is 15.7. The molecule has 30 heavy (non-hydrogen) atoms. The van der Waals surface area contributed by atoms with E-state index in [0.29, 0.717) is 30.6 Å². The summed E-state index contributed by atoms with van der Waals surface area (Å²) < 4.78 is 5.07. The maximum Gasteiger partial charge on any atom is 0.338 e. The Morgan fingerprint density at radius 1 is 1.20 bits per heavy atom. The van der Waals surface area contributed by atoms with Crippen molar-refractivity contribution in [1.29, 1.82) is 5.26 Å². The van der Waals surface area contributed by atoms with E-state index in [4.69, 9.17) is 4.74 Å². The molecule has 152 valence electrons.